The van der Waals surface area contributed by atoms with Gasteiger partial charge in [-0.25, -0.2) is 0 Å². The summed E-state index contributed by atoms with van der Waals surface area (Å²) < 4.78 is 0.850. The van der Waals surface area contributed by atoms with E-state index in [0.717, 1.165) is 38.4 Å². The molecule has 1 aliphatic carbocycles. The second kappa shape index (κ2) is 9.36. The van der Waals surface area contributed by atoms with Crippen LogP contribution in [0.15, 0.2) is 43.3 Å². The highest BCUT2D eigenvalue weighted by atomic mass is 32.2. The number of hydrogen-bond acceptors (Lipinski definition) is 10. The van der Waals surface area contributed by atoms with Gasteiger partial charge >= 0.3 is 0 Å². The van der Waals surface area contributed by atoms with E-state index in [2.05, 4.69) is 43.1 Å². The molecule has 3 heterocycles. The number of carbonyl (C=O) groups excluding carboxylic acids is 1. The van der Waals surface area contributed by atoms with Gasteiger partial charge in [0.1, 0.15) is 5.82 Å². The van der Waals surface area contributed by atoms with Crippen LogP contribution in [0.4, 0.5) is 5.13 Å². The minimum atomic E-state index is -0.407. The Kier molecular flexibility index (Phi) is 6.77. The van der Waals surface area contributed by atoms with Crippen LogP contribution in [0, 0.1) is 11.3 Å². The number of thiophene rings is 1. The van der Waals surface area contributed by atoms with Gasteiger partial charge in [-0.2, -0.15) is 5.26 Å². The summed E-state index contributed by atoms with van der Waals surface area (Å²) in [6, 6.07) is 4.40. The van der Waals surface area contributed by atoms with Crippen molar-refractivity contribution in [1.29, 1.82) is 5.26 Å². The van der Waals surface area contributed by atoms with Crippen LogP contribution < -0.4 is 10.6 Å². The maximum atomic E-state index is 13.2. The molecule has 10 heteroatoms. The van der Waals surface area contributed by atoms with Gasteiger partial charge in [0, 0.05) is 32.7 Å². The van der Waals surface area contributed by atoms with Crippen molar-refractivity contribution in [3.8, 4) is 6.07 Å². The highest BCUT2D eigenvalue weighted by Crippen LogP contribution is 2.50. The monoisotopic (exact) mass is 489 g/mol. The SMILES string of the molecule is CCSc1ccsc1C1C(C#N)=C(N)N(c2nnc(SC(C)C)s2)C2=C1C(=O)CCC2. The summed E-state index contributed by atoms with van der Waals surface area (Å²) in [6.45, 7) is 6.31. The number of nitrogens with two attached hydrogens (primary N) is 1. The van der Waals surface area contributed by atoms with Crippen LogP contribution in [0.25, 0.3) is 0 Å². The number of rotatable bonds is 6. The molecular formula is C21H23N5OS4. The third-order valence-corrected chi connectivity index (χ3v) is 9.12. The van der Waals surface area contributed by atoms with Gasteiger partial charge in [0.05, 0.1) is 17.6 Å². The number of Topliss-reactive ketones (excluding diaryl/α,β-unsaturated/α-hetero) is 1. The van der Waals surface area contributed by atoms with Gasteiger partial charge in [-0.15, -0.1) is 33.3 Å². The van der Waals surface area contributed by atoms with Gasteiger partial charge in [-0.05, 0) is 30.0 Å². The Morgan fingerprint density at radius 2 is 2.19 bits per heavy atom. The molecule has 0 saturated carbocycles. The Bertz CT molecular complexity index is 1110. The lowest BCUT2D eigenvalue weighted by atomic mass is 9.78. The first-order valence-corrected chi connectivity index (χ1v) is 13.7. The first-order chi connectivity index (χ1) is 15.0. The van der Waals surface area contributed by atoms with E-state index < -0.39 is 5.92 Å². The van der Waals surface area contributed by atoms with Crippen molar-refractivity contribution < 1.29 is 4.79 Å². The van der Waals surface area contributed by atoms with Crippen LogP contribution in [-0.4, -0.2) is 27.0 Å². The van der Waals surface area contributed by atoms with Gasteiger partial charge in [0.2, 0.25) is 5.13 Å². The summed E-state index contributed by atoms with van der Waals surface area (Å²) >= 11 is 6.40. The zero-order valence-electron chi connectivity index (χ0n) is 17.5. The summed E-state index contributed by atoms with van der Waals surface area (Å²) in [5, 5.41) is 21.8. The first kappa shape index (κ1) is 22.4. The fourth-order valence-corrected chi connectivity index (χ4v) is 8.06. The van der Waals surface area contributed by atoms with Crippen molar-refractivity contribution in [3.63, 3.8) is 0 Å². The molecule has 0 fully saturated rings. The normalized spacial score (nSPS) is 19.3. The molecule has 0 aromatic carbocycles. The van der Waals surface area contributed by atoms with Gasteiger partial charge in [-0.1, -0.05) is 43.9 Å². The van der Waals surface area contributed by atoms with E-state index in [4.69, 9.17) is 5.73 Å². The summed E-state index contributed by atoms with van der Waals surface area (Å²) in [7, 11) is 0. The number of thioether (sulfide) groups is 2. The standard InChI is InChI=1S/C21H23N5OS4/c1-4-28-15-8-9-29-18(15)16-12(10-22)19(23)26(13-6-5-7-14(27)17(13)16)20-24-25-21(31-20)30-11(2)3/h8-9,11,16H,4-7,23H2,1-3H3. The minimum absolute atomic E-state index is 0.0960. The van der Waals surface area contributed by atoms with E-state index in [9.17, 15) is 10.1 Å². The van der Waals surface area contributed by atoms with Crippen LogP contribution in [0.3, 0.4) is 0 Å². The van der Waals surface area contributed by atoms with E-state index in [1.54, 1.807) is 34.9 Å². The second-order valence-electron chi connectivity index (χ2n) is 7.42. The second-order valence-corrected chi connectivity index (χ2v) is 12.4. The van der Waals surface area contributed by atoms with Crippen molar-refractivity contribution in [2.75, 3.05) is 10.7 Å². The van der Waals surface area contributed by atoms with Crippen LogP contribution in [-0.2, 0) is 4.79 Å². The zero-order valence-corrected chi connectivity index (χ0v) is 20.8. The van der Waals surface area contributed by atoms with Crippen molar-refractivity contribution in [2.24, 2.45) is 5.73 Å². The molecule has 2 aromatic rings. The molecule has 1 aliphatic heterocycles. The minimum Gasteiger partial charge on any atom is -0.384 e. The maximum Gasteiger partial charge on any atom is 0.219 e. The Hall–Kier alpha value is -1.80. The number of allylic oxidation sites excluding steroid dienone is 3. The number of ketones is 1. The first-order valence-electron chi connectivity index (χ1n) is 10.1. The predicted octanol–water partition coefficient (Wildman–Crippen LogP) is 5.52. The number of hydrogen-bond donors (Lipinski definition) is 1. The fraction of sp³-hybridized carbons (Fsp3) is 0.429. The van der Waals surface area contributed by atoms with Crippen LogP contribution in [0.1, 0.15) is 50.8 Å². The molecule has 2 aliphatic rings. The number of nitriles is 1. The lowest BCUT2D eigenvalue weighted by Gasteiger charge is -2.37. The van der Waals surface area contributed by atoms with Crippen molar-refractivity contribution in [1.82, 2.24) is 10.2 Å². The highest BCUT2D eigenvalue weighted by molar-refractivity contribution is 8.01. The average molecular weight is 490 g/mol. The Morgan fingerprint density at radius 3 is 2.90 bits per heavy atom. The lowest BCUT2D eigenvalue weighted by Crippen LogP contribution is -2.38. The Balaban J connectivity index is 1.88. The van der Waals surface area contributed by atoms with E-state index in [0.29, 0.717) is 33.8 Å². The van der Waals surface area contributed by atoms with Crippen LogP contribution in [0.2, 0.25) is 0 Å². The van der Waals surface area contributed by atoms with Gasteiger partial charge in [-0.3, -0.25) is 9.69 Å². The number of carbonyl (C=O) groups is 1. The van der Waals surface area contributed by atoms with Gasteiger partial charge in [0.25, 0.3) is 0 Å². The summed E-state index contributed by atoms with van der Waals surface area (Å²) in [5.41, 5.74) is 8.61. The van der Waals surface area contributed by atoms with Gasteiger partial charge < -0.3 is 5.73 Å². The molecule has 0 radical (unpaired) electrons. The quantitative estimate of drug-likeness (QED) is 0.530. The molecule has 2 aromatic heterocycles. The molecule has 2 N–H and O–H groups in total. The molecule has 0 saturated heterocycles. The number of nitrogens with zero attached hydrogens (tertiary/aromatic N) is 4. The lowest BCUT2D eigenvalue weighted by molar-refractivity contribution is -0.116. The van der Waals surface area contributed by atoms with Crippen LogP contribution >= 0.6 is 46.2 Å². The molecule has 0 bridgehead atoms. The summed E-state index contributed by atoms with van der Waals surface area (Å²) in [5.74, 6) is 0.970. The van der Waals surface area contributed by atoms with Crippen molar-refractivity contribution >= 4 is 57.1 Å². The van der Waals surface area contributed by atoms with Gasteiger partial charge in [0.15, 0.2) is 10.1 Å². The number of aromatic nitrogens is 2. The molecule has 6 nitrogen and oxygen atoms in total. The molecule has 31 heavy (non-hydrogen) atoms. The fourth-order valence-electron chi connectivity index (χ4n) is 3.90. The number of anilines is 1. The molecule has 162 valence electrons. The topological polar surface area (TPSA) is 95.9 Å². The highest BCUT2D eigenvalue weighted by Gasteiger charge is 2.42. The van der Waals surface area contributed by atoms with Crippen molar-refractivity contribution in [2.45, 2.75) is 60.4 Å². The third kappa shape index (κ3) is 4.16. The molecule has 4 rings (SSSR count). The zero-order chi connectivity index (χ0) is 22.1. The maximum absolute atomic E-state index is 13.2. The Morgan fingerprint density at radius 1 is 1.39 bits per heavy atom. The van der Waals surface area contributed by atoms with Crippen LogP contribution in [0.5, 0.6) is 0 Å². The molecule has 1 unspecified atom stereocenters. The third-order valence-electron chi connectivity index (χ3n) is 5.06. The predicted molar refractivity (Wildman–Crippen MR) is 130 cm³/mol. The summed E-state index contributed by atoms with van der Waals surface area (Å²) in [6.07, 6.45) is 1.99. The average Bonchev–Trinajstić information content (AvgIpc) is 3.36. The largest absolute Gasteiger partial charge is 0.384 e. The van der Waals surface area contributed by atoms with E-state index in [1.165, 1.54) is 11.3 Å². The smallest absolute Gasteiger partial charge is 0.219 e. The van der Waals surface area contributed by atoms with E-state index in [-0.39, 0.29) is 5.78 Å². The van der Waals surface area contributed by atoms with E-state index >= 15 is 0 Å². The summed E-state index contributed by atoms with van der Waals surface area (Å²) in [4.78, 5) is 17.2. The molecule has 0 amide bonds. The molecule has 1 atom stereocenters. The molecule has 0 spiro atoms. The molecular weight excluding hydrogens is 467 g/mol. The van der Waals surface area contributed by atoms with Crippen molar-refractivity contribution in [3.05, 3.63) is 39.0 Å². The Labute approximate surface area is 198 Å². The van der Waals surface area contributed by atoms with E-state index in [1.807, 2.05) is 10.3 Å².